The molecule has 1 aromatic carbocycles. The van der Waals surface area contributed by atoms with Crippen LogP contribution in [-0.4, -0.2) is 32.5 Å². The normalized spacial score (nSPS) is 17.0. The van der Waals surface area contributed by atoms with E-state index in [1.54, 1.807) is 24.4 Å². The van der Waals surface area contributed by atoms with Gasteiger partial charge in [-0.15, -0.1) is 0 Å². The van der Waals surface area contributed by atoms with Gasteiger partial charge in [-0.1, -0.05) is 6.07 Å². The fourth-order valence-corrected chi connectivity index (χ4v) is 3.28. The predicted molar refractivity (Wildman–Crippen MR) is 91.2 cm³/mol. The number of carbonyl (C=O) groups is 1. The zero-order valence-corrected chi connectivity index (χ0v) is 13.5. The first-order valence-electron chi connectivity index (χ1n) is 8.24. The van der Waals surface area contributed by atoms with Crippen LogP contribution >= 0.6 is 0 Å². The lowest BCUT2D eigenvalue weighted by Crippen LogP contribution is -2.30. The lowest BCUT2D eigenvalue weighted by atomic mass is 10.1. The molecule has 126 valence electrons. The standard InChI is InChI=1S/C19H17FN4O/c20-15-7-5-13(6-8-15)16-11-17(23-22-16)19(25)24-10-2-4-18(24)14-3-1-9-21-12-14/h1,3,5-9,11-12,18H,2,4,10H2,(H,22,23)/t18-/m0/s1. The van der Waals surface area contributed by atoms with Gasteiger partial charge in [0.15, 0.2) is 0 Å². The van der Waals surface area contributed by atoms with E-state index in [-0.39, 0.29) is 17.8 Å². The number of hydrogen-bond donors (Lipinski definition) is 1. The van der Waals surface area contributed by atoms with E-state index in [2.05, 4.69) is 15.2 Å². The highest BCUT2D eigenvalue weighted by Gasteiger charge is 2.31. The number of aromatic amines is 1. The van der Waals surface area contributed by atoms with Crippen LogP contribution in [0.25, 0.3) is 11.3 Å². The third-order valence-electron chi connectivity index (χ3n) is 4.53. The first-order valence-corrected chi connectivity index (χ1v) is 8.24. The van der Waals surface area contributed by atoms with Crippen LogP contribution in [0.1, 0.15) is 34.9 Å². The molecule has 0 unspecified atom stereocenters. The molecule has 3 heterocycles. The van der Waals surface area contributed by atoms with Crippen LogP contribution in [0.4, 0.5) is 4.39 Å². The first-order chi connectivity index (χ1) is 12.2. The van der Waals surface area contributed by atoms with Gasteiger partial charge in [-0.25, -0.2) is 4.39 Å². The van der Waals surface area contributed by atoms with Crippen LogP contribution in [0.5, 0.6) is 0 Å². The monoisotopic (exact) mass is 336 g/mol. The Bertz CT molecular complexity index is 876. The van der Waals surface area contributed by atoms with Gasteiger partial charge in [0.05, 0.1) is 11.7 Å². The number of pyridine rings is 1. The quantitative estimate of drug-likeness (QED) is 0.795. The van der Waals surface area contributed by atoms with E-state index in [1.165, 1.54) is 12.1 Å². The highest BCUT2D eigenvalue weighted by Crippen LogP contribution is 2.32. The number of rotatable bonds is 3. The fraction of sp³-hybridized carbons (Fsp3) is 0.211. The van der Waals surface area contributed by atoms with Crippen LogP contribution in [0.3, 0.4) is 0 Å². The van der Waals surface area contributed by atoms with Gasteiger partial charge < -0.3 is 4.90 Å². The van der Waals surface area contributed by atoms with Gasteiger partial charge in [-0.2, -0.15) is 5.10 Å². The number of carbonyl (C=O) groups excluding carboxylic acids is 1. The van der Waals surface area contributed by atoms with E-state index in [0.29, 0.717) is 17.9 Å². The van der Waals surface area contributed by atoms with E-state index < -0.39 is 0 Å². The van der Waals surface area contributed by atoms with Crippen molar-refractivity contribution in [3.63, 3.8) is 0 Å². The second-order valence-corrected chi connectivity index (χ2v) is 6.12. The second-order valence-electron chi connectivity index (χ2n) is 6.12. The van der Waals surface area contributed by atoms with E-state index in [1.807, 2.05) is 23.2 Å². The number of aromatic nitrogens is 3. The van der Waals surface area contributed by atoms with E-state index in [0.717, 1.165) is 24.0 Å². The van der Waals surface area contributed by atoms with Gasteiger partial charge in [0.1, 0.15) is 11.5 Å². The molecule has 4 rings (SSSR count). The minimum absolute atomic E-state index is 0.0405. The van der Waals surface area contributed by atoms with Crippen LogP contribution < -0.4 is 0 Å². The van der Waals surface area contributed by atoms with Crippen molar-refractivity contribution < 1.29 is 9.18 Å². The van der Waals surface area contributed by atoms with Crippen molar-refractivity contribution in [2.75, 3.05) is 6.54 Å². The number of halogens is 1. The number of amides is 1. The number of likely N-dealkylation sites (tertiary alicyclic amines) is 1. The fourth-order valence-electron chi connectivity index (χ4n) is 3.28. The summed E-state index contributed by atoms with van der Waals surface area (Å²) in [7, 11) is 0. The smallest absolute Gasteiger partial charge is 0.272 e. The van der Waals surface area contributed by atoms with Crippen LogP contribution in [0.2, 0.25) is 0 Å². The van der Waals surface area contributed by atoms with Crippen molar-refractivity contribution in [2.24, 2.45) is 0 Å². The summed E-state index contributed by atoms with van der Waals surface area (Å²) in [5, 5.41) is 7.02. The maximum absolute atomic E-state index is 13.1. The van der Waals surface area contributed by atoms with Crippen molar-refractivity contribution in [1.29, 1.82) is 0 Å². The summed E-state index contributed by atoms with van der Waals surface area (Å²) in [5.74, 6) is -0.376. The highest BCUT2D eigenvalue weighted by atomic mass is 19.1. The SMILES string of the molecule is O=C(c1cc(-c2ccc(F)cc2)n[nH]1)N1CCC[C@H]1c1cccnc1. The highest BCUT2D eigenvalue weighted by molar-refractivity contribution is 5.93. The van der Waals surface area contributed by atoms with Gasteiger partial charge in [0.2, 0.25) is 0 Å². The summed E-state index contributed by atoms with van der Waals surface area (Å²) in [6.45, 7) is 0.712. The predicted octanol–water partition coefficient (Wildman–Crippen LogP) is 3.59. The van der Waals surface area contributed by atoms with Gasteiger partial charge in [0, 0.05) is 24.5 Å². The number of H-pyrrole nitrogens is 1. The second kappa shape index (κ2) is 6.47. The molecule has 1 amide bonds. The maximum Gasteiger partial charge on any atom is 0.272 e. The van der Waals surface area contributed by atoms with Crippen molar-refractivity contribution >= 4 is 5.91 Å². The summed E-state index contributed by atoms with van der Waals surface area (Å²) in [4.78, 5) is 18.9. The first kappa shape index (κ1) is 15.5. The summed E-state index contributed by atoms with van der Waals surface area (Å²) in [6.07, 6.45) is 5.43. The molecule has 1 atom stereocenters. The van der Waals surface area contributed by atoms with Crippen LogP contribution in [0.15, 0.2) is 54.9 Å². The van der Waals surface area contributed by atoms with E-state index in [4.69, 9.17) is 0 Å². The Morgan fingerprint density at radius 1 is 1.24 bits per heavy atom. The summed E-state index contributed by atoms with van der Waals surface area (Å²) < 4.78 is 13.1. The number of nitrogens with zero attached hydrogens (tertiary/aromatic N) is 3. The molecule has 1 N–H and O–H groups in total. The molecule has 2 aromatic heterocycles. The summed E-state index contributed by atoms with van der Waals surface area (Å²) in [5.41, 5.74) is 2.88. The van der Waals surface area contributed by atoms with E-state index in [9.17, 15) is 9.18 Å². The molecule has 1 aliphatic heterocycles. The maximum atomic E-state index is 13.1. The Hall–Kier alpha value is -3.02. The van der Waals surface area contributed by atoms with Gasteiger partial charge in [-0.05, 0) is 54.8 Å². The van der Waals surface area contributed by atoms with Gasteiger partial charge in [0.25, 0.3) is 5.91 Å². The zero-order chi connectivity index (χ0) is 17.2. The third kappa shape index (κ3) is 3.03. The summed E-state index contributed by atoms with van der Waals surface area (Å²) in [6, 6.07) is 11.7. The Kier molecular flexibility index (Phi) is 4.01. The number of benzene rings is 1. The molecular formula is C19H17FN4O. The Balaban J connectivity index is 1.58. The van der Waals surface area contributed by atoms with Crippen molar-refractivity contribution in [1.82, 2.24) is 20.1 Å². The number of hydrogen-bond acceptors (Lipinski definition) is 3. The molecule has 0 bridgehead atoms. The molecule has 0 spiro atoms. The molecule has 0 radical (unpaired) electrons. The lowest BCUT2D eigenvalue weighted by molar-refractivity contribution is 0.0729. The molecule has 25 heavy (non-hydrogen) atoms. The molecule has 1 saturated heterocycles. The number of nitrogens with one attached hydrogen (secondary N) is 1. The van der Waals surface area contributed by atoms with Crippen molar-refractivity contribution in [3.8, 4) is 11.3 Å². The van der Waals surface area contributed by atoms with Crippen LogP contribution in [0, 0.1) is 5.82 Å². The van der Waals surface area contributed by atoms with Crippen molar-refractivity contribution in [3.05, 3.63) is 71.9 Å². The lowest BCUT2D eigenvalue weighted by Gasteiger charge is -2.24. The summed E-state index contributed by atoms with van der Waals surface area (Å²) >= 11 is 0. The topological polar surface area (TPSA) is 61.9 Å². The minimum atomic E-state index is -0.299. The van der Waals surface area contributed by atoms with Gasteiger partial charge >= 0.3 is 0 Å². The molecule has 0 aliphatic carbocycles. The zero-order valence-electron chi connectivity index (χ0n) is 13.5. The minimum Gasteiger partial charge on any atom is -0.330 e. The molecule has 1 fully saturated rings. The molecular weight excluding hydrogens is 319 g/mol. The van der Waals surface area contributed by atoms with E-state index >= 15 is 0 Å². The Labute approximate surface area is 144 Å². The third-order valence-corrected chi connectivity index (χ3v) is 4.53. The molecule has 1 aliphatic rings. The largest absolute Gasteiger partial charge is 0.330 e. The Morgan fingerprint density at radius 3 is 2.84 bits per heavy atom. The average Bonchev–Trinajstić information content (AvgIpc) is 3.32. The van der Waals surface area contributed by atoms with Gasteiger partial charge in [-0.3, -0.25) is 14.9 Å². The van der Waals surface area contributed by atoms with Crippen LogP contribution in [-0.2, 0) is 0 Å². The van der Waals surface area contributed by atoms with Crippen molar-refractivity contribution in [2.45, 2.75) is 18.9 Å². The molecule has 0 saturated carbocycles. The Morgan fingerprint density at radius 2 is 2.08 bits per heavy atom. The molecule has 6 heteroatoms. The average molecular weight is 336 g/mol. The molecule has 5 nitrogen and oxygen atoms in total. The molecule has 3 aromatic rings.